The van der Waals surface area contributed by atoms with Crippen LogP contribution in [0.3, 0.4) is 0 Å². The fraction of sp³-hybridized carbons (Fsp3) is 0.538. The van der Waals surface area contributed by atoms with Crippen molar-refractivity contribution < 1.29 is 9.84 Å². The number of hydrogen-bond acceptors (Lipinski definition) is 2. The Morgan fingerprint density at radius 2 is 2.00 bits per heavy atom. The van der Waals surface area contributed by atoms with Crippen LogP contribution in [0, 0.1) is 5.92 Å². The van der Waals surface area contributed by atoms with Crippen LogP contribution in [0.25, 0.3) is 0 Å². The topological polar surface area (TPSA) is 29.5 Å². The normalized spacial score (nSPS) is 25.7. The number of rotatable bonds is 4. The van der Waals surface area contributed by atoms with Crippen molar-refractivity contribution in [3.63, 3.8) is 0 Å². The van der Waals surface area contributed by atoms with Crippen LogP contribution in [0.5, 0.6) is 0 Å². The molecule has 2 rings (SSSR count). The molecule has 1 N–H and O–H groups in total. The smallest absolute Gasteiger partial charge is 0.0720 e. The molecule has 0 aliphatic heterocycles. The summed E-state index contributed by atoms with van der Waals surface area (Å²) in [6, 6.07) is 10.2. The fourth-order valence-corrected chi connectivity index (χ4v) is 2.13. The third-order valence-electron chi connectivity index (χ3n) is 3.08. The lowest BCUT2D eigenvalue weighted by atomic mass is 10.1. The Balaban J connectivity index is 1.75. The third kappa shape index (κ3) is 3.05. The van der Waals surface area contributed by atoms with Crippen LogP contribution in [-0.4, -0.2) is 17.8 Å². The molecule has 2 nitrogen and oxygen atoms in total. The molecule has 0 bridgehead atoms. The highest BCUT2D eigenvalue weighted by Crippen LogP contribution is 2.27. The third-order valence-corrected chi connectivity index (χ3v) is 3.08. The molecule has 0 saturated heterocycles. The van der Waals surface area contributed by atoms with Gasteiger partial charge in [-0.1, -0.05) is 30.3 Å². The summed E-state index contributed by atoms with van der Waals surface area (Å²) in [5.41, 5.74) is 1.23. The van der Waals surface area contributed by atoms with E-state index in [1.807, 2.05) is 18.2 Å². The van der Waals surface area contributed by atoms with Gasteiger partial charge in [0.05, 0.1) is 12.7 Å². The predicted molar refractivity (Wildman–Crippen MR) is 59.4 cm³/mol. The highest BCUT2D eigenvalue weighted by atomic mass is 16.5. The number of aliphatic hydroxyl groups is 1. The van der Waals surface area contributed by atoms with Gasteiger partial charge in [0.15, 0.2) is 0 Å². The summed E-state index contributed by atoms with van der Waals surface area (Å²) < 4.78 is 5.81. The molecule has 1 aromatic carbocycles. The van der Waals surface area contributed by atoms with Gasteiger partial charge in [-0.25, -0.2) is 0 Å². The van der Waals surface area contributed by atoms with E-state index in [4.69, 9.17) is 9.84 Å². The van der Waals surface area contributed by atoms with E-state index >= 15 is 0 Å². The Bertz CT molecular complexity index is 284. The summed E-state index contributed by atoms with van der Waals surface area (Å²) in [5.74, 6) is 0.464. The van der Waals surface area contributed by atoms with Gasteiger partial charge in [-0.2, -0.15) is 0 Å². The minimum atomic E-state index is 0.311. The number of hydrogen-bond donors (Lipinski definition) is 1. The number of aliphatic hydroxyl groups excluding tert-OH is 1. The average molecular weight is 206 g/mol. The minimum Gasteiger partial charge on any atom is -0.396 e. The first kappa shape index (κ1) is 10.7. The van der Waals surface area contributed by atoms with Gasteiger partial charge in [0.2, 0.25) is 0 Å². The molecule has 0 amide bonds. The second kappa shape index (κ2) is 5.29. The molecule has 1 saturated carbocycles. The maximum atomic E-state index is 9.01. The molecule has 1 aliphatic carbocycles. The number of benzene rings is 1. The molecule has 0 unspecified atom stereocenters. The summed E-state index contributed by atoms with van der Waals surface area (Å²) in [6.45, 7) is 1.01. The first-order valence-corrected chi connectivity index (χ1v) is 5.65. The second-order valence-corrected chi connectivity index (χ2v) is 4.28. The summed E-state index contributed by atoms with van der Waals surface area (Å²) in [7, 11) is 0. The molecule has 1 aliphatic rings. The van der Waals surface area contributed by atoms with Crippen molar-refractivity contribution in [3.05, 3.63) is 35.9 Å². The van der Waals surface area contributed by atoms with E-state index in [1.165, 1.54) is 5.56 Å². The minimum absolute atomic E-state index is 0.311. The van der Waals surface area contributed by atoms with Crippen LogP contribution < -0.4 is 0 Å². The van der Waals surface area contributed by atoms with E-state index < -0.39 is 0 Å². The average Bonchev–Trinajstić information content (AvgIpc) is 2.76. The van der Waals surface area contributed by atoms with Crippen molar-refractivity contribution in [2.45, 2.75) is 32.0 Å². The van der Waals surface area contributed by atoms with Crippen molar-refractivity contribution in [2.75, 3.05) is 6.61 Å². The molecule has 0 radical (unpaired) electrons. The molecule has 15 heavy (non-hydrogen) atoms. The molecular weight excluding hydrogens is 188 g/mol. The SMILES string of the molecule is OC[C@@H]1CC[C@H](OCc2ccccc2)C1. The van der Waals surface area contributed by atoms with E-state index in [0.29, 0.717) is 25.2 Å². The van der Waals surface area contributed by atoms with Gasteiger partial charge in [0, 0.05) is 6.61 Å². The quantitative estimate of drug-likeness (QED) is 0.819. The van der Waals surface area contributed by atoms with Crippen LogP contribution in [-0.2, 0) is 11.3 Å². The molecule has 82 valence electrons. The van der Waals surface area contributed by atoms with Gasteiger partial charge in [0.25, 0.3) is 0 Å². The first-order chi connectivity index (χ1) is 7.38. The van der Waals surface area contributed by atoms with Gasteiger partial charge in [-0.3, -0.25) is 0 Å². The Kier molecular flexibility index (Phi) is 3.75. The second-order valence-electron chi connectivity index (χ2n) is 4.28. The summed E-state index contributed by atoms with van der Waals surface area (Å²) >= 11 is 0. The molecule has 0 spiro atoms. The molecular formula is C13H18O2. The van der Waals surface area contributed by atoms with Crippen molar-refractivity contribution in [3.8, 4) is 0 Å². The van der Waals surface area contributed by atoms with E-state index in [0.717, 1.165) is 19.3 Å². The highest BCUT2D eigenvalue weighted by molar-refractivity contribution is 5.13. The number of ether oxygens (including phenoxy) is 1. The molecule has 1 aromatic rings. The van der Waals surface area contributed by atoms with Gasteiger partial charge >= 0.3 is 0 Å². The summed E-state index contributed by atoms with van der Waals surface area (Å²) in [5, 5.41) is 9.01. The fourth-order valence-electron chi connectivity index (χ4n) is 2.13. The van der Waals surface area contributed by atoms with Crippen molar-refractivity contribution in [1.82, 2.24) is 0 Å². The van der Waals surface area contributed by atoms with Gasteiger partial charge in [-0.15, -0.1) is 0 Å². The van der Waals surface area contributed by atoms with E-state index in [-0.39, 0.29) is 0 Å². The van der Waals surface area contributed by atoms with Crippen molar-refractivity contribution in [2.24, 2.45) is 5.92 Å². The summed E-state index contributed by atoms with van der Waals surface area (Å²) in [4.78, 5) is 0. The maximum absolute atomic E-state index is 9.01. The molecule has 0 aromatic heterocycles. The standard InChI is InChI=1S/C13H18O2/c14-9-12-6-7-13(8-12)15-10-11-4-2-1-3-5-11/h1-5,12-14H,6-10H2/t12-,13+/m1/s1. The summed E-state index contributed by atoms with van der Waals surface area (Å²) in [6.07, 6.45) is 3.57. The van der Waals surface area contributed by atoms with Crippen molar-refractivity contribution in [1.29, 1.82) is 0 Å². The van der Waals surface area contributed by atoms with Crippen molar-refractivity contribution >= 4 is 0 Å². The lowest BCUT2D eigenvalue weighted by molar-refractivity contribution is 0.0407. The van der Waals surface area contributed by atoms with E-state index in [2.05, 4.69) is 12.1 Å². The zero-order valence-corrected chi connectivity index (χ0v) is 8.93. The molecule has 2 atom stereocenters. The maximum Gasteiger partial charge on any atom is 0.0720 e. The van der Waals surface area contributed by atoms with Crippen LogP contribution in [0.2, 0.25) is 0 Å². The highest BCUT2D eigenvalue weighted by Gasteiger charge is 2.24. The Labute approximate surface area is 90.9 Å². The zero-order chi connectivity index (χ0) is 10.5. The van der Waals surface area contributed by atoms with E-state index in [1.54, 1.807) is 0 Å². The zero-order valence-electron chi connectivity index (χ0n) is 8.93. The van der Waals surface area contributed by atoms with Gasteiger partial charge in [0.1, 0.15) is 0 Å². The van der Waals surface area contributed by atoms with Crippen LogP contribution >= 0.6 is 0 Å². The Morgan fingerprint density at radius 1 is 1.20 bits per heavy atom. The Morgan fingerprint density at radius 3 is 2.67 bits per heavy atom. The molecule has 0 heterocycles. The predicted octanol–water partition coefficient (Wildman–Crippen LogP) is 2.36. The van der Waals surface area contributed by atoms with Gasteiger partial charge < -0.3 is 9.84 Å². The lowest BCUT2D eigenvalue weighted by Crippen LogP contribution is -2.09. The molecule has 1 fully saturated rings. The van der Waals surface area contributed by atoms with Crippen LogP contribution in [0.1, 0.15) is 24.8 Å². The van der Waals surface area contributed by atoms with Crippen LogP contribution in [0.4, 0.5) is 0 Å². The lowest BCUT2D eigenvalue weighted by Gasteiger charge is -2.11. The monoisotopic (exact) mass is 206 g/mol. The van der Waals surface area contributed by atoms with Gasteiger partial charge in [-0.05, 0) is 30.7 Å². The first-order valence-electron chi connectivity index (χ1n) is 5.65. The van der Waals surface area contributed by atoms with E-state index in [9.17, 15) is 0 Å². The largest absolute Gasteiger partial charge is 0.396 e. The molecule has 2 heteroatoms. The Hall–Kier alpha value is -0.860. The van der Waals surface area contributed by atoms with Crippen LogP contribution in [0.15, 0.2) is 30.3 Å².